The Morgan fingerprint density at radius 3 is 0.731 bits per heavy atom. The van der Waals surface area contributed by atoms with Crippen LogP contribution < -0.4 is 0 Å². The fraction of sp³-hybridized carbons (Fsp3) is 0.946. The van der Waals surface area contributed by atoms with Crippen LogP contribution in [0.15, 0.2) is 0 Å². The number of unbranched alkanes of at least 4 members (excludes halogenated alkanes) is 46. The largest absolute Gasteiger partial charge is 0.472 e. The second-order valence-electron chi connectivity index (χ2n) is 27.2. The van der Waals surface area contributed by atoms with Crippen molar-refractivity contribution in [2.75, 3.05) is 39.6 Å². The summed E-state index contributed by atoms with van der Waals surface area (Å²) in [4.78, 5) is 72.7. The second kappa shape index (κ2) is 67.3. The number of hydrogen-bond acceptors (Lipinski definition) is 15. The highest BCUT2D eigenvalue weighted by Crippen LogP contribution is 2.45. The van der Waals surface area contributed by atoms with Crippen molar-refractivity contribution in [1.29, 1.82) is 0 Å². The number of aliphatic hydroxyl groups excluding tert-OH is 1. The van der Waals surface area contributed by atoms with Crippen molar-refractivity contribution < 1.29 is 80.2 Å². The van der Waals surface area contributed by atoms with Crippen LogP contribution in [0.1, 0.15) is 388 Å². The van der Waals surface area contributed by atoms with Crippen LogP contribution >= 0.6 is 15.6 Å². The Balaban J connectivity index is 5.23. The first-order valence-electron chi connectivity index (χ1n) is 38.6. The summed E-state index contributed by atoms with van der Waals surface area (Å²) in [6.07, 6.45) is 55.5. The van der Waals surface area contributed by atoms with Gasteiger partial charge in [-0.3, -0.25) is 37.3 Å². The molecule has 0 radical (unpaired) electrons. The SMILES string of the molecule is CCCCCCCCCCCCCCCCCCC(=O)OC[C@H](COP(=O)(O)OC[C@@H](O)COP(=O)(O)OC[C@@H](COC(=O)CCCCCCCCC(C)C)OC(=O)CCCCCCCCCCCCCC)OC(=O)CCCCCCCCCCCCCCCCCC. The van der Waals surface area contributed by atoms with Gasteiger partial charge in [-0.2, -0.15) is 0 Å². The average molecular weight is 1370 g/mol. The second-order valence-corrected chi connectivity index (χ2v) is 30.1. The lowest BCUT2D eigenvalue weighted by Crippen LogP contribution is -2.30. The van der Waals surface area contributed by atoms with Gasteiger partial charge in [-0.1, -0.05) is 336 Å². The monoisotopic (exact) mass is 1370 g/mol. The highest BCUT2D eigenvalue weighted by atomic mass is 31.2. The molecule has 0 aliphatic rings. The molecule has 0 rings (SSSR count). The van der Waals surface area contributed by atoms with Gasteiger partial charge in [0.1, 0.15) is 19.3 Å². The lowest BCUT2D eigenvalue weighted by molar-refractivity contribution is -0.161. The molecular formula is C74H144O17P2. The molecule has 2 unspecified atom stereocenters. The third kappa shape index (κ3) is 68.4. The van der Waals surface area contributed by atoms with Crippen LogP contribution in [0.4, 0.5) is 0 Å². The Morgan fingerprint density at radius 1 is 0.290 bits per heavy atom. The summed E-state index contributed by atoms with van der Waals surface area (Å²) in [6, 6.07) is 0. The third-order valence-corrected chi connectivity index (χ3v) is 19.2. The minimum absolute atomic E-state index is 0.107. The smallest absolute Gasteiger partial charge is 0.462 e. The van der Waals surface area contributed by atoms with Crippen molar-refractivity contribution in [3.63, 3.8) is 0 Å². The summed E-state index contributed by atoms with van der Waals surface area (Å²) in [5, 5.41) is 10.6. The molecule has 0 saturated carbocycles. The van der Waals surface area contributed by atoms with E-state index in [2.05, 4.69) is 34.6 Å². The van der Waals surface area contributed by atoms with E-state index in [-0.39, 0.29) is 25.7 Å². The molecule has 19 heteroatoms. The number of aliphatic hydroxyl groups is 1. The zero-order valence-electron chi connectivity index (χ0n) is 60.4. The maximum atomic E-state index is 13.1. The van der Waals surface area contributed by atoms with Crippen LogP contribution in [0.3, 0.4) is 0 Å². The summed E-state index contributed by atoms with van der Waals surface area (Å²) in [5.74, 6) is -1.44. The van der Waals surface area contributed by atoms with E-state index in [1.807, 2.05) is 0 Å². The van der Waals surface area contributed by atoms with Gasteiger partial charge in [-0.05, 0) is 31.6 Å². The molecule has 5 atom stereocenters. The Hall–Kier alpha value is -1.94. The Labute approximate surface area is 568 Å². The normalized spacial score (nSPS) is 14.0. The molecule has 3 N–H and O–H groups in total. The van der Waals surface area contributed by atoms with E-state index in [0.717, 1.165) is 96.3 Å². The summed E-state index contributed by atoms with van der Waals surface area (Å²) in [5.41, 5.74) is 0. The van der Waals surface area contributed by atoms with Crippen LogP contribution in [0.2, 0.25) is 0 Å². The highest BCUT2D eigenvalue weighted by molar-refractivity contribution is 7.47. The number of ether oxygens (including phenoxy) is 4. The first kappa shape index (κ1) is 91.1. The van der Waals surface area contributed by atoms with Gasteiger partial charge in [0, 0.05) is 25.7 Å². The van der Waals surface area contributed by atoms with Gasteiger partial charge >= 0.3 is 39.5 Å². The van der Waals surface area contributed by atoms with Gasteiger partial charge in [0.15, 0.2) is 12.2 Å². The maximum Gasteiger partial charge on any atom is 0.472 e. The quantitative estimate of drug-likeness (QED) is 0.0222. The van der Waals surface area contributed by atoms with Crippen LogP contribution in [-0.2, 0) is 65.4 Å². The van der Waals surface area contributed by atoms with E-state index in [1.54, 1.807) is 0 Å². The Kier molecular flexibility index (Phi) is 65.9. The standard InChI is InChI=1S/C74H144O17P2/c1-6-9-12-15-18-21-24-27-29-31-33-36-38-41-47-52-57-71(76)84-63-69(90-74(79)60-55-50-43-40-37-34-32-30-28-25-22-19-16-13-10-7-2)65-88-92(80,81)86-61-68(75)62-87-93(82,83)89-66-70(64-85-72(77)58-53-48-45-44-46-51-56-67(4)5)91-73(78)59-54-49-42-39-35-26-23-20-17-14-11-8-3/h67-70,75H,6-66H2,1-5H3,(H,80,81)(H,82,83)/t68-,69-,70-/m1/s1. The topological polar surface area (TPSA) is 237 Å². The van der Waals surface area contributed by atoms with Gasteiger partial charge in [0.2, 0.25) is 0 Å². The number of rotatable bonds is 74. The lowest BCUT2D eigenvalue weighted by Gasteiger charge is -2.21. The zero-order chi connectivity index (χ0) is 68.4. The van der Waals surface area contributed by atoms with Gasteiger partial charge in [-0.15, -0.1) is 0 Å². The molecular weight excluding hydrogens is 1220 g/mol. The van der Waals surface area contributed by atoms with Gasteiger partial charge in [0.25, 0.3) is 0 Å². The van der Waals surface area contributed by atoms with Crippen molar-refractivity contribution in [1.82, 2.24) is 0 Å². The summed E-state index contributed by atoms with van der Waals surface area (Å²) in [6.45, 7) is 7.20. The van der Waals surface area contributed by atoms with Crippen molar-refractivity contribution in [2.24, 2.45) is 5.92 Å². The molecule has 0 heterocycles. The summed E-state index contributed by atoms with van der Waals surface area (Å²) >= 11 is 0. The van der Waals surface area contributed by atoms with Crippen LogP contribution in [0.25, 0.3) is 0 Å². The van der Waals surface area contributed by atoms with E-state index in [9.17, 15) is 43.2 Å². The number of carbonyl (C=O) groups is 4. The van der Waals surface area contributed by atoms with E-state index in [4.69, 9.17) is 37.0 Å². The number of esters is 4. The number of phosphoric acid groups is 2. The molecule has 0 bridgehead atoms. The fourth-order valence-corrected chi connectivity index (χ4v) is 12.9. The molecule has 17 nitrogen and oxygen atoms in total. The van der Waals surface area contributed by atoms with Crippen molar-refractivity contribution >= 4 is 39.5 Å². The third-order valence-electron chi connectivity index (χ3n) is 17.3. The molecule has 552 valence electrons. The highest BCUT2D eigenvalue weighted by Gasteiger charge is 2.30. The summed E-state index contributed by atoms with van der Waals surface area (Å²) < 4.78 is 68.4. The fourth-order valence-electron chi connectivity index (χ4n) is 11.4. The van der Waals surface area contributed by atoms with Crippen LogP contribution in [0.5, 0.6) is 0 Å². The van der Waals surface area contributed by atoms with Crippen molar-refractivity contribution in [3.8, 4) is 0 Å². The molecule has 0 fully saturated rings. The predicted octanol–water partition coefficient (Wildman–Crippen LogP) is 21.7. The summed E-state index contributed by atoms with van der Waals surface area (Å²) in [7, 11) is -9.90. The maximum absolute atomic E-state index is 13.1. The lowest BCUT2D eigenvalue weighted by atomic mass is 10.0. The molecule has 0 aliphatic carbocycles. The number of phosphoric ester groups is 2. The zero-order valence-corrected chi connectivity index (χ0v) is 62.2. The molecule has 0 spiro atoms. The molecule has 0 saturated heterocycles. The molecule has 0 aromatic carbocycles. The molecule has 93 heavy (non-hydrogen) atoms. The van der Waals surface area contributed by atoms with Crippen molar-refractivity contribution in [2.45, 2.75) is 406 Å². The minimum atomic E-state index is -4.95. The van der Waals surface area contributed by atoms with Crippen molar-refractivity contribution in [3.05, 3.63) is 0 Å². The van der Waals surface area contributed by atoms with E-state index in [0.29, 0.717) is 31.6 Å². The van der Waals surface area contributed by atoms with E-state index < -0.39 is 97.5 Å². The molecule has 0 aromatic heterocycles. The Morgan fingerprint density at radius 2 is 0.495 bits per heavy atom. The molecule has 0 aliphatic heterocycles. The van der Waals surface area contributed by atoms with Crippen LogP contribution in [-0.4, -0.2) is 96.7 Å². The minimum Gasteiger partial charge on any atom is -0.462 e. The number of carbonyl (C=O) groups excluding carboxylic acids is 4. The molecule has 0 amide bonds. The van der Waals surface area contributed by atoms with Gasteiger partial charge in [0.05, 0.1) is 26.4 Å². The van der Waals surface area contributed by atoms with Gasteiger partial charge < -0.3 is 33.8 Å². The Bertz CT molecular complexity index is 1790. The number of hydrogen-bond donors (Lipinski definition) is 3. The van der Waals surface area contributed by atoms with E-state index >= 15 is 0 Å². The van der Waals surface area contributed by atoms with E-state index in [1.165, 1.54) is 205 Å². The van der Waals surface area contributed by atoms with Gasteiger partial charge in [-0.25, -0.2) is 9.13 Å². The molecule has 0 aromatic rings. The average Bonchev–Trinajstić information content (AvgIpc) is 2.44. The first-order chi connectivity index (χ1) is 45.0. The first-order valence-corrected chi connectivity index (χ1v) is 41.6. The predicted molar refractivity (Wildman–Crippen MR) is 377 cm³/mol. The van der Waals surface area contributed by atoms with Crippen LogP contribution in [0, 0.1) is 5.92 Å².